The molecule has 2 heterocycles. The minimum Gasteiger partial charge on any atom is -0.546 e. The predicted molar refractivity (Wildman–Crippen MR) is 42.5 cm³/mol. The van der Waals surface area contributed by atoms with Crippen LogP contribution < -0.4 is 0 Å². The minimum absolute atomic E-state index is 1.14. The molecule has 2 aliphatic heterocycles. The second kappa shape index (κ2) is 2.08. The summed E-state index contributed by atoms with van der Waals surface area (Å²) in [5.41, 5.74) is 0. The molecule has 0 aromatic heterocycles. The number of nitrogens with zero attached hydrogens (tertiary/aromatic N) is 4. The smallest absolute Gasteiger partial charge is 0.179 e. The first-order valence-electron chi connectivity index (χ1n) is 3.33. The molecule has 2 atom stereocenters. The van der Waals surface area contributed by atoms with E-state index < -0.39 is 9.73 Å². The Kier molecular flexibility index (Phi) is 1.27. The maximum Gasteiger partial charge on any atom is 0.179 e. The Morgan fingerprint density at radius 1 is 0.833 bits per heavy atom. The highest BCUT2D eigenvalue weighted by atomic mass is 16.8. The molecule has 0 aromatic carbocycles. The van der Waals surface area contributed by atoms with Crippen molar-refractivity contribution >= 4 is 12.4 Å². The number of hydrogen-bond donors (Lipinski definition) is 0. The van der Waals surface area contributed by atoms with Crippen LogP contribution in [-0.2, 0) is 0 Å². The largest absolute Gasteiger partial charge is 0.546 e. The molecule has 2 aliphatic rings. The van der Waals surface area contributed by atoms with Crippen molar-refractivity contribution in [1.82, 2.24) is 0 Å². The molecular weight excluding hydrogens is 160 g/mol. The average Bonchev–Trinajstić information content (AvgIpc) is 2.60. The monoisotopic (exact) mass is 166 g/mol. The number of hydroxylamine groups is 2. The number of hydrogen-bond acceptors (Lipinski definition) is 4. The van der Waals surface area contributed by atoms with Crippen molar-refractivity contribution in [3.8, 4) is 0 Å². The summed E-state index contributed by atoms with van der Waals surface area (Å²) in [5, 5.41) is 30.1. The molecule has 0 N–H and O–H groups in total. The fourth-order valence-electron chi connectivity index (χ4n) is 0.985. The summed E-state index contributed by atoms with van der Waals surface area (Å²) in [5.74, 6) is 0. The van der Waals surface area contributed by atoms with Crippen molar-refractivity contribution in [2.24, 2.45) is 10.2 Å². The van der Waals surface area contributed by atoms with Crippen molar-refractivity contribution < 1.29 is 9.73 Å². The predicted octanol–water partition coefficient (Wildman–Crippen LogP) is 0.557. The summed E-state index contributed by atoms with van der Waals surface area (Å²) in [6.45, 7) is 0. The van der Waals surface area contributed by atoms with E-state index in [9.17, 15) is 10.4 Å². The maximum atomic E-state index is 11.6. The summed E-state index contributed by atoms with van der Waals surface area (Å²) < 4.78 is 0. The van der Waals surface area contributed by atoms with Crippen LogP contribution in [-0.4, -0.2) is 22.2 Å². The summed E-state index contributed by atoms with van der Waals surface area (Å²) >= 11 is 0. The normalized spacial score (nSPS) is 43.2. The van der Waals surface area contributed by atoms with Crippen molar-refractivity contribution in [3.63, 3.8) is 0 Å². The lowest BCUT2D eigenvalue weighted by Crippen LogP contribution is -2.52. The lowest BCUT2D eigenvalue weighted by molar-refractivity contribution is -1.42. The molecule has 12 heavy (non-hydrogen) atoms. The van der Waals surface area contributed by atoms with Crippen LogP contribution in [0.25, 0.3) is 0 Å². The summed E-state index contributed by atoms with van der Waals surface area (Å²) in [4.78, 5) is -2.76. The molecule has 0 fully saturated rings. The van der Waals surface area contributed by atoms with E-state index in [4.69, 9.17) is 0 Å². The van der Waals surface area contributed by atoms with E-state index >= 15 is 0 Å². The zero-order valence-corrected chi connectivity index (χ0v) is 6.07. The highest BCUT2D eigenvalue weighted by molar-refractivity contribution is 5.72. The Morgan fingerprint density at radius 3 is 1.50 bits per heavy atom. The third-order valence-electron chi connectivity index (χ3n) is 1.61. The van der Waals surface area contributed by atoms with E-state index in [0.29, 0.717) is 0 Å². The molecule has 0 spiro atoms. The quantitative estimate of drug-likeness (QED) is 0.421. The van der Waals surface area contributed by atoms with Gasteiger partial charge in [0.25, 0.3) is 0 Å². The van der Waals surface area contributed by atoms with Gasteiger partial charge in [-0.25, -0.2) is 0 Å². The summed E-state index contributed by atoms with van der Waals surface area (Å²) in [6.07, 6.45) is 7.69. The topological polar surface area (TPSA) is 70.8 Å². The van der Waals surface area contributed by atoms with E-state index in [2.05, 4.69) is 10.2 Å². The van der Waals surface area contributed by atoms with Gasteiger partial charge in [0.2, 0.25) is 0 Å². The molecule has 62 valence electrons. The van der Waals surface area contributed by atoms with Crippen LogP contribution in [0, 0.1) is 10.4 Å². The minimum atomic E-state index is -1.38. The molecule has 6 heteroatoms. The summed E-state index contributed by atoms with van der Waals surface area (Å²) in [6, 6.07) is 0. The van der Waals surface area contributed by atoms with Crippen molar-refractivity contribution in [3.05, 3.63) is 35.0 Å². The Hall–Kier alpha value is -1.34. The SMILES string of the molecule is [O-][N+]1([N+]2([O-])C=CC=N2)C=CC=N1. The first kappa shape index (κ1) is 7.32. The van der Waals surface area contributed by atoms with E-state index in [-0.39, 0.29) is 0 Å². The molecule has 0 amide bonds. The number of rotatable bonds is 1. The van der Waals surface area contributed by atoms with Gasteiger partial charge in [0.05, 0.1) is 12.4 Å². The van der Waals surface area contributed by atoms with E-state index in [0.717, 1.165) is 12.4 Å². The lowest BCUT2D eigenvalue weighted by atomic mass is 10.7. The van der Waals surface area contributed by atoms with Crippen molar-refractivity contribution in [1.29, 1.82) is 0 Å². The number of quaternary nitrogens is 2. The maximum absolute atomic E-state index is 11.6. The third kappa shape index (κ3) is 0.772. The average molecular weight is 166 g/mol. The van der Waals surface area contributed by atoms with Gasteiger partial charge in [-0.1, -0.05) is 0 Å². The standard InChI is InChI=1S/C6H6N4O2/c11-9(5-1-3-7-9)10(12)6-2-4-8-10/h1-6H. The van der Waals surface area contributed by atoms with Crippen molar-refractivity contribution in [2.45, 2.75) is 0 Å². The molecular formula is C6H6N4O2. The zero-order chi connectivity index (χ0) is 8.66. The lowest BCUT2D eigenvalue weighted by Gasteiger charge is -2.41. The van der Waals surface area contributed by atoms with E-state index in [1.165, 1.54) is 24.6 Å². The van der Waals surface area contributed by atoms with Crippen molar-refractivity contribution in [2.75, 3.05) is 0 Å². The number of allylic oxidation sites excluding steroid dienone is 2. The first-order valence-corrected chi connectivity index (χ1v) is 3.33. The van der Waals surface area contributed by atoms with Gasteiger partial charge in [0, 0.05) is 12.2 Å². The Balaban J connectivity index is 2.41. The molecule has 0 aliphatic carbocycles. The van der Waals surface area contributed by atoms with Crippen LogP contribution >= 0.6 is 0 Å². The molecule has 0 radical (unpaired) electrons. The van der Waals surface area contributed by atoms with Gasteiger partial charge in [-0.3, -0.25) is 0 Å². The van der Waals surface area contributed by atoms with Crippen LogP contribution in [0.1, 0.15) is 0 Å². The second-order valence-corrected chi connectivity index (χ2v) is 2.39. The summed E-state index contributed by atoms with van der Waals surface area (Å²) in [7, 11) is 0. The van der Waals surface area contributed by atoms with Crippen LogP contribution in [0.4, 0.5) is 0 Å². The van der Waals surface area contributed by atoms with Crippen LogP contribution in [0.15, 0.2) is 34.8 Å². The molecule has 6 nitrogen and oxygen atoms in total. The van der Waals surface area contributed by atoms with Gasteiger partial charge >= 0.3 is 0 Å². The van der Waals surface area contributed by atoms with Gasteiger partial charge in [-0.2, -0.15) is 0 Å². The first-order chi connectivity index (χ1) is 5.66. The van der Waals surface area contributed by atoms with Gasteiger partial charge < -0.3 is 10.4 Å². The van der Waals surface area contributed by atoms with Gasteiger partial charge in [-0.15, -0.1) is 0 Å². The Bertz CT molecular complexity index is 262. The van der Waals surface area contributed by atoms with Gasteiger partial charge in [-0.05, 0) is 19.9 Å². The Labute approximate surface area is 68.3 Å². The zero-order valence-electron chi connectivity index (χ0n) is 6.07. The molecule has 0 saturated heterocycles. The Morgan fingerprint density at radius 2 is 1.25 bits per heavy atom. The molecule has 2 rings (SSSR count). The molecule has 0 saturated carbocycles. The van der Waals surface area contributed by atoms with Gasteiger partial charge in [0.1, 0.15) is 0 Å². The third-order valence-corrected chi connectivity index (χ3v) is 1.61. The fourth-order valence-corrected chi connectivity index (χ4v) is 0.985. The van der Waals surface area contributed by atoms with Crippen LogP contribution in [0.2, 0.25) is 0 Å². The highest BCUT2D eigenvalue weighted by Gasteiger charge is 2.38. The van der Waals surface area contributed by atoms with Gasteiger partial charge in [0.15, 0.2) is 12.4 Å². The van der Waals surface area contributed by atoms with E-state index in [1.54, 1.807) is 0 Å². The molecule has 0 bridgehead atoms. The molecule has 2 unspecified atom stereocenters. The highest BCUT2D eigenvalue weighted by Crippen LogP contribution is 2.28. The van der Waals surface area contributed by atoms with E-state index in [1.807, 2.05) is 0 Å². The molecule has 0 aromatic rings. The van der Waals surface area contributed by atoms with Crippen LogP contribution in [0.3, 0.4) is 0 Å². The second-order valence-electron chi connectivity index (χ2n) is 2.39. The van der Waals surface area contributed by atoms with Crippen LogP contribution in [0.5, 0.6) is 0 Å². The fraction of sp³-hybridized carbons (Fsp3) is 0.